The van der Waals surface area contributed by atoms with Gasteiger partial charge in [-0.2, -0.15) is 5.10 Å². The van der Waals surface area contributed by atoms with Crippen molar-refractivity contribution in [2.45, 2.75) is 6.54 Å². The predicted molar refractivity (Wildman–Crippen MR) is 107 cm³/mol. The van der Waals surface area contributed by atoms with Crippen molar-refractivity contribution in [1.29, 1.82) is 0 Å². The Morgan fingerprint density at radius 2 is 1.93 bits per heavy atom. The van der Waals surface area contributed by atoms with Crippen LogP contribution in [-0.2, 0) is 11.3 Å². The fraction of sp³-hybridized carbons (Fsp3) is 0.350. The average molecular weight is 380 g/mol. The molecule has 8 nitrogen and oxygen atoms in total. The molecule has 0 bridgehead atoms. The number of hydrogen-bond donors (Lipinski definition) is 1. The summed E-state index contributed by atoms with van der Waals surface area (Å²) in [6.07, 6.45) is 5.37. The fourth-order valence-corrected chi connectivity index (χ4v) is 3.11. The van der Waals surface area contributed by atoms with Crippen molar-refractivity contribution in [3.05, 3.63) is 49.1 Å². The first kappa shape index (κ1) is 18.4. The SMILES string of the molecule is COc1ccc(-c2cc(Nc3cnn(CCN4CCOCC4)c3)ncn2)cc1. The molecule has 8 heteroatoms. The van der Waals surface area contributed by atoms with Gasteiger partial charge in [0.25, 0.3) is 0 Å². The van der Waals surface area contributed by atoms with Gasteiger partial charge in [0.2, 0.25) is 0 Å². The molecule has 3 aromatic rings. The lowest BCUT2D eigenvalue weighted by atomic mass is 10.1. The van der Waals surface area contributed by atoms with Gasteiger partial charge in [0.1, 0.15) is 17.9 Å². The summed E-state index contributed by atoms with van der Waals surface area (Å²) in [4.78, 5) is 11.1. The molecule has 1 saturated heterocycles. The summed E-state index contributed by atoms with van der Waals surface area (Å²) in [5.41, 5.74) is 2.76. The highest BCUT2D eigenvalue weighted by atomic mass is 16.5. The summed E-state index contributed by atoms with van der Waals surface area (Å²) in [7, 11) is 1.66. The van der Waals surface area contributed by atoms with Gasteiger partial charge in [0, 0.05) is 37.5 Å². The normalized spacial score (nSPS) is 14.8. The van der Waals surface area contributed by atoms with Gasteiger partial charge >= 0.3 is 0 Å². The summed E-state index contributed by atoms with van der Waals surface area (Å²) in [6.45, 7) is 5.43. The standard InChI is InChI=1S/C20H24N6O2/c1-27-18-4-2-16(3-5-18)19-12-20(22-15-21-19)24-17-13-23-26(14-17)7-6-25-8-10-28-11-9-25/h2-5,12-15H,6-11H2,1H3,(H,21,22,24). The number of methoxy groups -OCH3 is 1. The summed E-state index contributed by atoms with van der Waals surface area (Å²) < 4.78 is 12.5. The Morgan fingerprint density at radius 3 is 2.71 bits per heavy atom. The van der Waals surface area contributed by atoms with E-state index >= 15 is 0 Å². The zero-order chi connectivity index (χ0) is 19.2. The number of anilines is 2. The van der Waals surface area contributed by atoms with E-state index in [-0.39, 0.29) is 0 Å². The molecule has 0 spiro atoms. The lowest BCUT2D eigenvalue weighted by Gasteiger charge is -2.26. The largest absolute Gasteiger partial charge is 0.497 e. The number of aromatic nitrogens is 4. The molecule has 1 aliphatic rings. The number of ether oxygens (including phenoxy) is 2. The molecule has 2 aromatic heterocycles. The molecule has 0 radical (unpaired) electrons. The minimum absolute atomic E-state index is 0.730. The monoisotopic (exact) mass is 380 g/mol. The minimum Gasteiger partial charge on any atom is -0.497 e. The van der Waals surface area contributed by atoms with E-state index in [1.165, 1.54) is 0 Å². The van der Waals surface area contributed by atoms with Crippen LogP contribution in [0.25, 0.3) is 11.3 Å². The van der Waals surface area contributed by atoms with Crippen LogP contribution in [0.15, 0.2) is 49.1 Å². The van der Waals surface area contributed by atoms with Gasteiger partial charge in [-0.25, -0.2) is 9.97 Å². The van der Waals surface area contributed by atoms with Gasteiger partial charge in [0.15, 0.2) is 0 Å². The molecule has 1 aromatic carbocycles. The van der Waals surface area contributed by atoms with E-state index in [0.717, 1.165) is 67.9 Å². The van der Waals surface area contributed by atoms with Gasteiger partial charge in [-0.3, -0.25) is 9.58 Å². The van der Waals surface area contributed by atoms with Crippen LogP contribution in [0.2, 0.25) is 0 Å². The van der Waals surface area contributed by atoms with Crippen molar-refractivity contribution in [2.24, 2.45) is 0 Å². The smallest absolute Gasteiger partial charge is 0.134 e. The third kappa shape index (κ3) is 4.65. The van der Waals surface area contributed by atoms with E-state index < -0.39 is 0 Å². The highest BCUT2D eigenvalue weighted by Crippen LogP contribution is 2.23. The van der Waals surface area contributed by atoms with Gasteiger partial charge in [0.05, 0.1) is 44.4 Å². The number of rotatable bonds is 7. The minimum atomic E-state index is 0.730. The first-order chi connectivity index (χ1) is 13.8. The number of nitrogens with zero attached hydrogens (tertiary/aromatic N) is 5. The number of benzene rings is 1. The highest BCUT2D eigenvalue weighted by molar-refractivity contribution is 5.65. The maximum absolute atomic E-state index is 5.38. The first-order valence-electron chi connectivity index (χ1n) is 9.36. The van der Waals surface area contributed by atoms with E-state index in [2.05, 4.69) is 25.3 Å². The van der Waals surface area contributed by atoms with Gasteiger partial charge in [-0.1, -0.05) is 0 Å². The average Bonchev–Trinajstić information content (AvgIpc) is 3.20. The molecule has 0 saturated carbocycles. The molecule has 146 valence electrons. The lowest BCUT2D eigenvalue weighted by molar-refractivity contribution is 0.0360. The van der Waals surface area contributed by atoms with Crippen LogP contribution in [-0.4, -0.2) is 64.6 Å². The quantitative estimate of drug-likeness (QED) is 0.674. The van der Waals surface area contributed by atoms with E-state index in [1.807, 2.05) is 47.4 Å². The van der Waals surface area contributed by atoms with Crippen LogP contribution in [0.5, 0.6) is 5.75 Å². The van der Waals surface area contributed by atoms with Gasteiger partial charge in [-0.15, -0.1) is 0 Å². The molecule has 0 amide bonds. The van der Waals surface area contributed by atoms with Crippen LogP contribution in [0, 0.1) is 0 Å². The lowest BCUT2D eigenvalue weighted by Crippen LogP contribution is -2.38. The molecular weight excluding hydrogens is 356 g/mol. The van der Waals surface area contributed by atoms with Crippen LogP contribution >= 0.6 is 0 Å². The van der Waals surface area contributed by atoms with E-state index in [0.29, 0.717) is 0 Å². The Hall–Kier alpha value is -2.97. The third-order valence-corrected chi connectivity index (χ3v) is 4.71. The van der Waals surface area contributed by atoms with Crippen molar-refractivity contribution in [3.8, 4) is 17.0 Å². The summed E-state index contributed by atoms with van der Waals surface area (Å²) in [6, 6.07) is 9.72. The second-order valence-corrected chi connectivity index (χ2v) is 6.59. The Balaban J connectivity index is 1.38. The zero-order valence-electron chi connectivity index (χ0n) is 15.9. The van der Waals surface area contributed by atoms with E-state index in [1.54, 1.807) is 13.4 Å². The Kier molecular flexibility index (Phi) is 5.79. The summed E-state index contributed by atoms with van der Waals surface area (Å²) in [5, 5.41) is 7.74. The fourth-order valence-electron chi connectivity index (χ4n) is 3.11. The van der Waals surface area contributed by atoms with Crippen LogP contribution in [0.4, 0.5) is 11.5 Å². The van der Waals surface area contributed by atoms with E-state index in [4.69, 9.17) is 9.47 Å². The second kappa shape index (κ2) is 8.81. The molecule has 0 aliphatic carbocycles. The molecule has 0 atom stereocenters. The molecule has 28 heavy (non-hydrogen) atoms. The van der Waals surface area contributed by atoms with Crippen molar-refractivity contribution < 1.29 is 9.47 Å². The van der Waals surface area contributed by atoms with E-state index in [9.17, 15) is 0 Å². The van der Waals surface area contributed by atoms with Crippen LogP contribution in [0.1, 0.15) is 0 Å². The number of hydrogen-bond acceptors (Lipinski definition) is 7. The molecule has 1 N–H and O–H groups in total. The van der Waals surface area contributed by atoms with Crippen LogP contribution < -0.4 is 10.1 Å². The maximum Gasteiger partial charge on any atom is 0.134 e. The summed E-state index contributed by atoms with van der Waals surface area (Å²) >= 11 is 0. The van der Waals surface area contributed by atoms with Crippen LogP contribution in [0.3, 0.4) is 0 Å². The summed E-state index contributed by atoms with van der Waals surface area (Å²) in [5.74, 6) is 1.55. The topological polar surface area (TPSA) is 77.3 Å². The van der Waals surface area contributed by atoms with Gasteiger partial charge < -0.3 is 14.8 Å². The zero-order valence-corrected chi connectivity index (χ0v) is 15.9. The third-order valence-electron chi connectivity index (χ3n) is 4.71. The highest BCUT2D eigenvalue weighted by Gasteiger charge is 2.10. The second-order valence-electron chi connectivity index (χ2n) is 6.59. The van der Waals surface area contributed by atoms with Crippen molar-refractivity contribution >= 4 is 11.5 Å². The van der Waals surface area contributed by atoms with Crippen molar-refractivity contribution in [1.82, 2.24) is 24.6 Å². The van der Waals surface area contributed by atoms with Crippen molar-refractivity contribution in [3.63, 3.8) is 0 Å². The Bertz CT molecular complexity index is 890. The number of morpholine rings is 1. The van der Waals surface area contributed by atoms with Gasteiger partial charge in [-0.05, 0) is 24.3 Å². The molecule has 3 heterocycles. The Morgan fingerprint density at radius 1 is 1.11 bits per heavy atom. The molecule has 1 aliphatic heterocycles. The number of nitrogens with one attached hydrogen (secondary N) is 1. The predicted octanol–water partition coefficient (Wildman–Crippen LogP) is 2.42. The molecule has 0 unspecified atom stereocenters. The molecule has 1 fully saturated rings. The molecular formula is C20H24N6O2. The van der Waals surface area contributed by atoms with Crippen molar-refractivity contribution in [2.75, 3.05) is 45.3 Å². The first-order valence-corrected chi connectivity index (χ1v) is 9.36. The Labute approximate surface area is 164 Å². The maximum atomic E-state index is 5.38. The molecule has 4 rings (SSSR count).